The average Bonchev–Trinajstić information content (AvgIpc) is 2.54. The first-order valence-electron chi connectivity index (χ1n) is 8.48. The molecule has 2 saturated carbocycles. The van der Waals surface area contributed by atoms with Gasteiger partial charge in [-0.15, -0.1) is 0 Å². The van der Waals surface area contributed by atoms with Crippen molar-refractivity contribution >= 4 is 10.1 Å². The van der Waals surface area contributed by atoms with Gasteiger partial charge >= 0.3 is 0 Å². The minimum atomic E-state index is -3.63. The third kappa shape index (κ3) is 3.23. The predicted octanol–water partition coefficient (Wildman–Crippen LogP) is 4.45. The maximum Gasteiger partial charge on any atom is 0.296 e. The van der Waals surface area contributed by atoms with E-state index in [1.807, 2.05) is 19.1 Å². The van der Waals surface area contributed by atoms with Crippen LogP contribution in [0.25, 0.3) is 0 Å². The van der Waals surface area contributed by atoms with Crippen LogP contribution in [0.1, 0.15) is 56.9 Å². The summed E-state index contributed by atoms with van der Waals surface area (Å²) in [6.45, 7) is 2.32. The molecule has 0 aliphatic heterocycles. The highest BCUT2D eigenvalue weighted by Gasteiger charge is 2.43. The van der Waals surface area contributed by atoms with Gasteiger partial charge in [0.05, 0.1) is 11.5 Å². The average molecular weight is 322 g/mol. The zero-order chi connectivity index (χ0) is 15.6. The molecule has 0 unspecified atom stereocenters. The smallest absolute Gasteiger partial charge is 0.266 e. The lowest BCUT2D eigenvalue weighted by Gasteiger charge is -2.47. The number of fused-ring (bicyclic) bond motifs is 1. The third-order valence-electron chi connectivity index (χ3n) is 5.63. The molecule has 3 rings (SSSR count). The second-order valence-corrected chi connectivity index (χ2v) is 8.70. The van der Waals surface area contributed by atoms with Crippen LogP contribution in [0.15, 0.2) is 29.2 Å². The van der Waals surface area contributed by atoms with Crippen molar-refractivity contribution in [2.24, 2.45) is 11.3 Å². The minimum Gasteiger partial charge on any atom is -0.266 e. The highest BCUT2D eigenvalue weighted by Crippen LogP contribution is 2.50. The molecule has 1 aromatic rings. The van der Waals surface area contributed by atoms with Gasteiger partial charge in [-0.2, -0.15) is 8.42 Å². The van der Waals surface area contributed by atoms with Crippen molar-refractivity contribution in [3.05, 3.63) is 29.8 Å². The minimum absolute atomic E-state index is 0.105. The third-order valence-corrected chi connectivity index (χ3v) is 6.91. The molecule has 22 heavy (non-hydrogen) atoms. The predicted molar refractivity (Wildman–Crippen MR) is 87.2 cm³/mol. The Morgan fingerprint density at radius 1 is 1.05 bits per heavy atom. The second-order valence-electron chi connectivity index (χ2n) is 7.08. The molecule has 0 aromatic heterocycles. The van der Waals surface area contributed by atoms with Gasteiger partial charge in [-0.3, -0.25) is 4.18 Å². The molecule has 0 spiro atoms. The Morgan fingerprint density at radius 2 is 1.64 bits per heavy atom. The van der Waals surface area contributed by atoms with E-state index in [1.165, 1.54) is 38.5 Å². The number of rotatable bonds is 4. The molecule has 0 N–H and O–H groups in total. The summed E-state index contributed by atoms with van der Waals surface area (Å²) >= 11 is 0. The maximum absolute atomic E-state index is 12.4. The molecule has 0 atom stereocenters. The second kappa shape index (κ2) is 6.32. The zero-order valence-corrected chi connectivity index (χ0v) is 14.2. The highest BCUT2D eigenvalue weighted by molar-refractivity contribution is 7.86. The fourth-order valence-corrected chi connectivity index (χ4v) is 5.25. The van der Waals surface area contributed by atoms with Crippen LogP contribution in [-0.2, 0) is 14.3 Å². The summed E-state index contributed by atoms with van der Waals surface area (Å²) in [6.07, 6.45) is 9.74. The topological polar surface area (TPSA) is 43.4 Å². The quantitative estimate of drug-likeness (QED) is 0.769. The Balaban J connectivity index is 1.73. The molecule has 0 radical (unpaired) electrons. The van der Waals surface area contributed by atoms with E-state index in [9.17, 15) is 8.42 Å². The number of benzene rings is 1. The van der Waals surface area contributed by atoms with Crippen LogP contribution < -0.4 is 0 Å². The van der Waals surface area contributed by atoms with E-state index < -0.39 is 10.1 Å². The Morgan fingerprint density at radius 3 is 2.23 bits per heavy atom. The molecular formula is C18H26O3S. The first-order valence-corrected chi connectivity index (χ1v) is 9.89. The van der Waals surface area contributed by atoms with Gasteiger partial charge in [0.1, 0.15) is 0 Å². The Kier molecular flexibility index (Phi) is 4.60. The Bertz CT molecular complexity index is 592. The number of hydrogen-bond acceptors (Lipinski definition) is 3. The summed E-state index contributed by atoms with van der Waals surface area (Å²) in [5.74, 6) is 0.656. The largest absolute Gasteiger partial charge is 0.296 e. The zero-order valence-electron chi connectivity index (χ0n) is 13.4. The van der Waals surface area contributed by atoms with Gasteiger partial charge in [0.2, 0.25) is 0 Å². The van der Waals surface area contributed by atoms with E-state index in [0.717, 1.165) is 18.4 Å². The lowest BCUT2D eigenvalue weighted by molar-refractivity contribution is 0.00164. The SMILES string of the molecule is Cc1ccc(S(=O)(=O)OCC23CCCCC2CCCC3)cc1. The number of aryl methyl sites for hydroxylation is 1. The first-order chi connectivity index (χ1) is 10.5. The summed E-state index contributed by atoms with van der Waals surface area (Å²) in [6, 6.07) is 6.92. The van der Waals surface area contributed by atoms with Crippen molar-refractivity contribution in [1.82, 2.24) is 0 Å². The molecule has 1 aromatic carbocycles. The molecule has 122 valence electrons. The van der Waals surface area contributed by atoms with Gasteiger partial charge in [-0.1, -0.05) is 43.4 Å². The molecule has 0 saturated heterocycles. The van der Waals surface area contributed by atoms with Gasteiger partial charge in [0.25, 0.3) is 10.1 Å². The normalized spacial score (nSPS) is 29.0. The van der Waals surface area contributed by atoms with Crippen LogP contribution in [-0.4, -0.2) is 15.0 Å². The summed E-state index contributed by atoms with van der Waals surface area (Å²) in [5, 5.41) is 0. The van der Waals surface area contributed by atoms with E-state index in [4.69, 9.17) is 4.18 Å². The molecule has 2 aliphatic rings. The van der Waals surface area contributed by atoms with E-state index in [-0.39, 0.29) is 10.3 Å². The Hall–Kier alpha value is -0.870. The summed E-state index contributed by atoms with van der Waals surface area (Å²) in [4.78, 5) is 0.276. The van der Waals surface area contributed by atoms with Gasteiger partial charge in [-0.05, 0) is 56.1 Å². The van der Waals surface area contributed by atoms with E-state index in [1.54, 1.807) is 12.1 Å². The molecule has 0 bridgehead atoms. The monoisotopic (exact) mass is 322 g/mol. The van der Waals surface area contributed by atoms with E-state index in [2.05, 4.69) is 0 Å². The maximum atomic E-state index is 12.4. The number of hydrogen-bond donors (Lipinski definition) is 0. The molecule has 0 amide bonds. The van der Waals surface area contributed by atoms with Gasteiger partial charge < -0.3 is 0 Å². The Labute approximate surface area is 134 Å². The van der Waals surface area contributed by atoms with Gasteiger partial charge in [0.15, 0.2) is 0 Å². The first kappa shape index (κ1) is 16.0. The van der Waals surface area contributed by atoms with Crippen LogP contribution in [0.3, 0.4) is 0 Å². The van der Waals surface area contributed by atoms with Crippen LogP contribution in [0.4, 0.5) is 0 Å². The molecule has 0 heterocycles. The molecule has 2 aliphatic carbocycles. The van der Waals surface area contributed by atoms with Crippen molar-refractivity contribution in [2.45, 2.75) is 63.2 Å². The van der Waals surface area contributed by atoms with Crippen LogP contribution in [0.2, 0.25) is 0 Å². The molecular weight excluding hydrogens is 296 g/mol. The standard InChI is InChI=1S/C18H26O3S/c1-15-8-10-17(11-9-15)22(19,20)21-14-18-12-4-2-6-16(18)7-3-5-13-18/h8-11,16H,2-7,12-14H2,1H3. The fourth-order valence-electron chi connectivity index (χ4n) is 4.26. The summed E-state index contributed by atoms with van der Waals surface area (Å²) < 4.78 is 30.4. The van der Waals surface area contributed by atoms with Crippen LogP contribution >= 0.6 is 0 Å². The van der Waals surface area contributed by atoms with Crippen LogP contribution in [0.5, 0.6) is 0 Å². The van der Waals surface area contributed by atoms with Crippen molar-refractivity contribution in [3.8, 4) is 0 Å². The van der Waals surface area contributed by atoms with Crippen molar-refractivity contribution in [2.75, 3.05) is 6.61 Å². The van der Waals surface area contributed by atoms with E-state index >= 15 is 0 Å². The molecule has 3 nitrogen and oxygen atoms in total. The van der Waals surface area contributed by atoms with Crippen molar-refractivity contribution in [1.29, 1.82) is 0 Å². The lowest BCUT2D eigenvalue weighted by Crippen LogP contribution is -2.41. The van der Waals surface area contributed by atoms with Crippen molar-refractivity contribution in [3.63, 3.8) is 0 Å². The van der Waals surface area contributed by atoms with E-state index in [0.29, 0.717) is 12.5 Å². The van der Waals surface area contributed by atoms with Crippen LogP contribution in [0, 0.1) is 18.3 Å². The van der Waals surface area contributed by atoms with Crippen molar-refractivity contribution < 1.29 is 12.6 Å². The lowest BCUT2D eigenvalue weighted by atomic mass is 9.60. The van der Waals surface area contributed by atoms with Gasteiger partial charge in [0, 0.05) is 0 Å². The summed E-state index contributed by atoms with van der Waals surface area (Å²) in [5.41, 5.74) is 1.16. The van der Waals surface area contributed by atoms with Gasteiger partial charge in [-0.25, -0.2) is 0 Å². The summed E-state index contributed by atoms with van der Waals surface area (Å²) in [7, 11) is -3.63. The molecule has 2 fully saturated rings. The fraction of sp³-hybridized carbons (Fsp3) is 0.667. The molecule has 4 heteroatoms. The highest BCUT2D eigenvalue weighted by atomic mass is 32.2.